The number of aryl methyl sites for hydroxylation is 2. The van der Waals surface area contributed by atoms with Gasteiger partial charge in [0, 0.05) is 26.4 Å². The van der Waals surface area contributed by atoms with Crippen molar-refractivity contribution in [1.82, 2.24) is 14.5 Å². The Hall–Kier alpha value is -2.37. The van der Waals surface area contributed by atoms with Gasteiger partial charge in [-0.25, -0.2) is 9.78 Å². The molecule has 1 amide bonds. The maximum atomic E-state index is 12.3. The van der Waals surface area contributed by atoms with E-state index in [4.69, 9.17) is 5.11 Å². The average Bonchev–Trinajstić information content (AvgIpc) is 3.11. The zero-order chi connectivity index (χ0) is 15.7. The highest BCUT2D eigenvalue weighted by Gasteiger charge is 2.33. The molecule has 116 valence electrons. The number of likely N-dealkylation sites (tertiary alicyclic amines) is 1. The van der Waals surface area contributed by atoms with E-state index >= 15 is 0 Å². The molecule has 1 N–H and O–H groups in total. The predicted octanol–water partition coefficient (Wildman–Crippen LogP) is 1.58. The Morgan fingerprint density at radius 1 is 1.36 bits per heavy atom. The molecular weight excluding hydrogens is 282 g/mol. The quantitative estimate of drug-likeness (QED) is 0.930. The summed E-state index contributed by atoms with van der Waals surface area (Å²) in [5.41, 5.74) is 1.95. The van der Waals surface area contributed by atoms with E-state index in [1.54, 1.807) is 0 Å². The molecular formula is C16H19N3O3. The Morgan fingerprint density at radius 3 is 2.86 bits per heavy atom. The van der Waals surface area contributed by atoms with Crippen molar-refractivity contribution in [2.24, 2.45) is 7.05 Å². The fourth-order valence-corrected chi connectivity index (χ4v) is 3.10. The Bertz CT molecular complexity index is 722. The maximum absolute atomic E-state index is 12.3. The zero-order valence-corrected chi connectivity index (χ0v) is 12.5. The summed E-state index contributed by atoms with van der Waals surface area (Å²) in [6.45, 7) is 0.540. The molecule has 1 atom stereocenters. The first-order valence-corrected chi connectivity index (χ1v) is 7.50. The van der Waals surface area contributed by atoms with E-state index in [1.165, 1.54) is 4.90 Å². The van der Waals surface area contributed by atoms with E-state index in [1.807, 2.05) is 35.9 Å². The molecule has 2 aromatic rings. The van der Waals surface area contributed by atoms with Crippen LogP contribution < -0.4 is 0 Å². The van der Waals surface area contributed by atoms with Gasteiger partial charge in [-0.2, -0.15) is 0 Å². The second-order valence-corrected chi connectivity index (χ2v) is 5.66. The maximum Gasteiger partial charge on any atom is 0.326 e. The first kappa shape index (κ1) is 14.6. The summed E-state index contributed by atoms with van der Waals surface area (Å²) in [7, 11) is 1.94. The predicted molar refractivity (Wildman–Crippen MR) is 81.4 cm³/mol. The highest BCUT2D eigenvalue weighted by molar-refractivity contribution is 5.84. The third-order valence-corrected chi connectivity index (χ3v) is 4.30. The molecule has 1 aliphatic rings. The number of carboxylic acids is 1. The standard InChI is InChI=1S/C16H19N3O3/c1-18-12-6-3-2-5-11(12)17-14(18)8-9-15(20)19-10-4-7-13(19)16(21)22/h2-3,5-6,13H,4,7-10H2,1H3,(H,21,22)/t13-/m0/s1. The van der Waals surface area contributed by atoms with Gasteiger partial charge in [0.2, 0.25) is 5.91 Å². The summed E-state index contributed by atoms with van der Waals surface area (Å²) in [6, 6.07) is 7.18. The number of para-hydroxylation sites is 2. The van der Waals surface area contributed by atoms with Crippen molar-refractivity contribution >= 4 is 22.9 Å². The molecule has 1 aromatic carbocycles. The Kier molecular flexibility index (Phi) is 3.83. The number of amides is 1. The molecule has 1 saturated heterocycles. The van der Waals surface area contributed by atoms with Crippen LogP contribution in [0.5, 0.6) is 0 Å². The minimum atomic E-state index is -0.909. The summed E-state index contributed by atoms with van der Waals surface area (Å²) in [5.74, 6) is -0.161. The first-order valence-electron chi connectivity index (χ1n) is 7.50. The van der Waals surface area contributed by atoms with Crippen LogP contribution in [0.3, 0.4) is 0 Å². The Labute approximate surface area is 128 Å². The van der Waals surface area contributed by atoms with Crippen LogP contribution >= 0.6 is 0 Å². The van der Waals surface area contributed by atoms with Crippen LogP contribution in [-0.2, 0) is 23.1 Å². The minimum Gasteiger partial charge on any atom is -0.480 e. The van der Waals surface area contributed by atoms with Crippen molar-refractivity contribution in [2.75, 3.05) is 6.54 Å². The van der Waals surface area contributed by atoms with Crippen LogP contribution in [0.1, 0.15) is 25.1 Å². The van der Waals surface area contributed by atoms with Crippen LogP contribution in [0, 0.1) is 0 Å². The first-order chi connectivity index (χ1) is 10.6. The number of nitrogens with zero attached hydrogens (tertiary/aromatic N) is 3. The lowest BCUT2D eigenvalue weighted by molar-refractivity contribution is -0.148. The SMILES string of the molecule is Cn1c(CCC(=O)N2CCC[C@H]2C(=O)O)nc2ccccc21. The number of imidazole rings is 1. The van der Waals surface area contributed by atoms with Crippen LogP contribution in [0.2, 0.25) is 0 Å². The summed E-state index contributed by atoms with van der Waals surface area (Å²) in [5, 5.41) is 9.15. The summed E-state index contributed by atoms with van der Waals surface area (Å²) >= 11 is 0. The molecule has 0 radical (unpaired) electrons. The van der Waals surface area contributed by atoms with Crippen LogP contribution in [0.15, 0.2) is 24.3 Å². The van der Waals surface area contributed by atoms with Gasteiger partial charge in [0.15, 0.2) is 0 Å². The van der Waals surface area contributed by atoms with E-state index in [-0.39, 0.29) is 5.91 Å². The van der Waals surface area contributed by atoms with Crippen molar-refractivity contribution in [1.29, 1.82) is 0 Å². The second-order valence-electron chi connectivity index (χ2n) is 5.66. The van der Waals surface area contributed by atoms with Crippen molar-refractivity contribution < 1.29 is 14.7 Å². The van der Waals surface area contributed by atoms with Gasteiger partial charge in [-0.3, -0.25) is 4.79 Å². The summed E-state index contributed by atoms with van der Waals surface area (Å²) in [6.07, 6.45) is 2.12. The van der Waals surface area contributed by atoms with E-state index in [9.17, 15) is 9.59 Å². The summed E-state index contributed by atoms with van der Waals surface area (Å²) < 4.78 is 1.99. The molecule has 0 unspecified atom stereocenters. The second kappa shape index (κ2) is 5.79. The van der Waals surface area contributed by atoms with Gasteiger partial charge in [-0.1, -0.05) is 12.1 Å². The third-order valence-electron chi connectivity index (χ3n) is 4.30. The fraction of sp³-hybridized carbons (Fsp3) is 0.438. The van der Waals surface area contributed by atoms with Gasteiger partial charge in [0.25, 0.3) is 0 Å². The number of carboxylic acid groups (broad SMARTS) is 1. The van der Waals surface area contributed by atoms with Crippen LogP contribution in [0.25, 0.3) is 11.0 Å². The lowest BCUT2D eigenvalue weighted by atomic mass is 10.2. The monoisotopic (exact) mass is 301 g/mol. The van der Waals surface area contributed by atoms with Crippen molar-refractivity contribution in [3.05, 3.63) is 30.1 Å². The van der Waals surface area contributed by atoms with Gasteiger partial charge >= 0.3 is 5.97 Å². The zero-order valence-electron chi connectivity index (χ0n) is 12.5. The lowest BCUT2D eigenvalue weighted by Gasteiger charge is -2.21. The number of rotatable bonds is 4. The van der Waals surface area contributed by atoms with Gasteiger partial charge < -0.3 is 14.6 Å². The number of hydrogen-bond acceptors (Lipinski definition) is 3. The van der Waals surface area contributed by atoms with Gasteiger partial charge in [-0.15, -0.1) is 0 Å². The number of aromatic nitrogens is 2. The molecule has 1 aliphatic heterocycles. The molecule has 6 heteroatoms. The van der Waals surface area contributed by atoms with Gasteiger partial charge in [0.1, 0.15) is 11.9 Å². The Balaban J connectivity index is 1.70. The normalized spacial score (nSPS) is 18.0. The Morgan fingerprint density at radius 2 is 2.14 bits per heavy atom. The van der Waals surface area contributed by atoms with Gasteiger partial charge in [-0.05, 0) is 25.0 Å². The van der Waals surface area contributed by atoms with Crippen LogP contribution in [-0.4, -0.2) is 44.0 Å². The van der Waals surface area contributed by atoms with E-state index < -0.39 is 12.0 Å². The molecule has 6 nitrogen and oxygen atoms in total. The largest absolute Gasteiger partial charge is 0.480 e. The molecule has 2 heterocycles. The average molecular weight is 301 g/mol. The smallest absolute Gasteiger partial charge is 0.326 e. The summed E-state index contributed by atoms with van der Waals surface area (Å²) in [4.78, 5) is 29.5. The molecule has 1 aromatic heterocycles. The number of carbonyl (C=O) groups is 2. The highest BCUT2D eigenvalue weighted by Crippen LogP contribution is 2.20. The van der Waals surface area contributed by atoms with E-state index in [0.717, 1.165) is 23.3 Å². The van der Waals surface area contributed by atoms with Gasteiger partial charge in [0.05, 0.1) is 11.0 Å². The highest BCUT2D eigenvalue weighted by atomic mass is 16.4. The van der Waals surface area contributed by atoms with E-state index in [2.05, 4.69) is 4.98 Å². The molecule has 1 fully saturated rings. The van der Waals surface area contributed by atoms with Crippen molar-refractivity contribution in [3.63, 3.8) is 0 Å². The number of benzene rings is 1. The molecule has 0 bridgehead atoms. The topological polar surface area (TPSA) is 75.4 Å². The molecule has 3 rings (SSSR count). The molecule has 0 saturated carbocycles. The third kappa shape index (κ3) is 2.56. The minimum absolute atomic E-state index is 0.100. The van der Waals surface area contributed by atoms with Crippen molar-refractivity contribution in [3.8, 4) is 0 Å². The van der Waals surface area contributed by atoms with Crippen LogP contribution in [0.4, 0.5) is 0 Å². The molecule has 0 aliphatic carbocycles. The number of fused-ring (bicyclic) bond motifs is 1. The molecule has 0 spiro atoms. The number of aliphatic carboxylic acids is 1. The lowest BCUT2D eigenvalue weighted by Crippen LogP contribution is -2.40. The number of hydrogen-bond donors (Lipinski definition) is 1. The fourth-order valence-electron chi connectivity index (χ4n) is 3.10. The number of carbonyl (C=O) groups excluding carboxylic acids is 1. The molecule has 22 heavy (non-hydrogen) atoms. The van der Waals surface area contributed by atoms with E-state index in [0.29, 0.717) is 25.8 Å². The van der Waals surface area contributed by atoms with Crippen molar-refractivity contribution in [2.45, 2.75) is 31.7 Å².